The van der Waals surface area contributed by atoms with Gasteiger partial charge >= 0.3 is 0 Å². The minimum absolute atomic E-state index is 0. The van der Waals surface area contributed by atoms with Gasteiger partial charge in [-0.15, -0.1) is 0 Å². The predicted molar refractivity (Wildman–Crippen MR) is 34.0 cm³/mol. The average molecular weight is 219 g/mol. The van der Waals surface area contributed by atoms with E-state index in [4.69, 9.17) is 0 Å². The Bertz CT molecular complexity index is 15.5. The van der Waals surface area contributed by atoms with Crippen LogP contribution >= 0.6 is 23.4 Å². The van der Waals surface area contributed by atoms with E-state index in [-0.39, 0.29) is 76.2 Å². The zero-order valence-electron chi connectivity index (χ0n) is 2.49. The van der Waals surface area contributed by atoms with Crippen LogP contribution in [-0.4, -0.2) is 11.0 Å². The molecule has 0 aliphatic rings. The molecule has 0 aromatic heterocycles. The van der Waals surface area contributed by atoms with E-state index in [1.165, 1.54) is 0 Å². The van der Waals surface area contributed by atoms with Crippen LogP contribution in [0.3, 0.4) is 0 Å². The maximum absolute atomic E-state index is 0. The van der Waals surface area contributed by atoms with Crippen molar-refractivity contribution in [2.24, 2.45) is 0 Å². The maximum Gasteiger partial charge on any atom is 0 e. The summed E-state index contributed by atoms with van der Waals surface area (Å²) < 4.78 is 0. The van der Waals surface area contributed by atoms with Gasteiger partial charge in [0.05, 0.1) is 0 Å². The van der Waals surface area contributed by atoms with Gasteiger partial charge < -0.3 is 0 Å². The van der Waals surface area contributed by atoms with E-state index in [2.05, 4.69) is 0 Å². The van der Waals surface area contributed by atoms with Crippen molar-refractivity contribution in [1.82, 2.24) is 0 Å². The Kier molecular flexibility index (Phi) is 976. The average Bonchev–Trinajstić information content (AvgIpc) is 0. The van der Waals surface area contributed by atoms with Gasteiger partial charge in [-0.2, -0.15) is 23.4 Å². The molecule has 0 aromatic carbocycles. The molecule has 6 heavy (non-hydrogen) atoms. The van der Waals surface area contributed by atoms with Gasteiger partial charge in [-0.05, 0) is 0 Å². The maximum atomic E-state index is 0. The van der Waals surface area contributed by atoms with Crippen LogP contribution in [0.15, 0.2) is 0 Å². The molecule has 1 unspecified atom stereocenters. The summed E-state index contributed by atoms with van der Waals surface area (Å²) in [6, 6.07) is 0. The Balaban J connectivity index is 0. The van der Waals surface area contributed by atoms with E-state index in [1.807, 2.05) is 0 Å². The number of rotatable bonds is 0. The third-order valence-electron chi connectivity index (χ3n) is 0. The molecule has 0 aromatic rings. The van der Waals surface area contributed by atoms with Crippen LogP contribution in [-0.2, 0) is 34.4 Å². The van der Waals surface area contributed by atoms with Gasteiger partial charge in [0.15, 0.2) is 0 Å². The Hall–Kier alpha value is 2.05. The summed E-state index contributed by atoms with van der Waals surface area (Å²) in [6.07, 6.45) is 0. The molecule has 0 amide bonds. The molecule has 0 saturated carbocycles. The summed E-state index contributed by atoms with van der Waals surface area (Å²) in [6.45, 7) is 0. The zero-order chi connectivity index (χ0) is 0. The van der Waals surface area contributed by atoms with Crippen LogP contribution in [0.5, 0.6) is 0 Å². The topological polar surface area (TPSA) is 0 Å². The molecule has 0 spiro atoms. The first-order valence-electron chi connectivity index (χ1n) is 0. The van der Waals surface area contributed by atoms with Gasteiger partial charge in [-0.1, -0.05) is 7.43 Å². The molecule has 0 nitrogen and oxygen atoms in total. The molecule has 0 bridgehead atoms. The van der Waals surface area contributed by atoms with Gasteiger partial charge in [-0.25, -0.2) is 0 Å². The van der Waals surface area contributed by atoms with Gasteiger partial charge in [0, 0.05) is 45.4 Å². The van der Waals surface area contributed by atoms with Crippen LogP contribution < -0.4 is 0 Å². The Morgan fingerprint density at radius 2 is 1.00 bits per heavy atom. The molecular weight excluding hydrogens is 210 g/mol. The second-order valence-corrected chi connectivity index (χ2v) is 0. The normalized spacial score (nSPS) is 0. The van der Waals surface area contributed by atoms with Gasteiger partial charge in [0.2, 0.25) is 0 Å². The van der Waals surface area contributed by atoms with Crippen LogP contribution in [0.4, 0.5) is 0 Å². The van der Waals surface area contributed by atoms with E-state index >= 15 is 0 Å². The fourth-order valence-electron chi connectivity index (χ4n) is 0. The number of hydrogen-bond donors (Lipinski definition) is 0. The van der Waals surface area contributed by atoms with Gasteiger partial charge in [0.25, 0.3) is 0 Å². The van der Waals surface area contributed by atoms with Crippen molar-refractivity contribution in [2.45, 2.75) is 7.43 Å². The molecule has 41 valence electrons. The van der Waals surface area contributed by atoms with E-state index in [1.54, 1.807) is 0 Å². The SMILES string of the molecule is C.P.S.[Cr].[Mn].[Si]. The fraction of sp³-hybridized carbons (Fsp3) is 1.00. The molecule has 0 heterocycles. The zero-order valence-corrected chi connectivity index (χ0v) is 8.36. The quantitative estimate of drug-likeness (QED) is 0.409. The molecule has 0 aliphatic carbocycles. The van der Waals surface area contributed by atoms with Crippen LogP contribution in [0.1, 0.15) is 7.43 Å². The van der Waals surface area contributed by atoms with E-state index in [0.717, 1.165) is 0 Å². The van der Waals surface area contributed by atoms with E-state index in [0.29, 0.717) is 0 Å². The van der Waals surface area contributed by atoms with Crippen LogP contribution in [0.25, 0.3) is 0 Å². The van der Waals surface area contributed by atoms with Crippen molar-refractivity contribution in [3.05, 3.63) is 0 Å². The number of hydrogen-bond acceptors (Lipinski definition) is 0. The molecule has 0 N–H and O–H groups in total. The van der Waals surface area contributed by atoms with Crippen molar-refractivity contribution in [2.75, 3.05) is 0 Å². The van der Waals surface area contributed by atoms with Crippen molar-refractivity contribution >= 4 is 34.4 Å². The molecule has 5 radical (unpaired) electrons. The minimum atomic E-state index is 0. The molecule has 0 fully saturated rings. The minimum Gasteiger partial charge on any atom is -0.197 e. The first kappa shape index (κ1) is 95.3. The molecule has 0 rings (SSSR count). The second kappa shape index (κ2) is 61.4. The molecular formula is CH9CrMnPSSi. The van der Waals surface area contributed by atoms with E-state index in [9.17, 15) is 0 Å². The summed E-state index contributed by atoms with van der Waals surface area (Å²) in [5, 5.41) is 0. The van der Waals surface area contributed by atoms with Crippen LogP contribution in [0, 0.1) is 0 Å². The fourth-order valence-corrected chi connectivity index (χ4v) is 0. The summed E-state index contributed by atoms with van der Waals surface area (Å²) in [4.78, 5) is 0. The monoisotopic (exact) mass is 219 g/mol. The van der Waals surface area contributed by atoms with Crippen molar-refractivity contribution in [3.8, 4) is 0 Å². The Morgan fingerprint density at radius 3 is 1.00 bits per heavy atom. The standard InChI is InChI=1S/CH4.Cr.Mn.H3P.H2S.Si/h1H4;;;1H3;1H2;. The summed E-state index contributed by atoms with van der Waals surface area (Å²) in [7, 11) is 0. The van der Waals surface area contributed by atoms with Crippen LogP contribution in [0.2, 0.25) is 0 Å². The Morgan fingerprint density at radius 1 is 1.00 bits per heavy atom. The van der Waals surface area contributed by atoms with E-state index < -0.39 is 0 Å². The molecule has 0 saturated heterocycles. The predicted octanol–water partition coefficient (Wildman–Crippen LogP) is 0.421. The smallest absolute Gasteiger partial charge is 0 e. The van der Waals surface area contributed by atoms with Crippen molar-refractivity contribution in [3.63, 3.8) is 0 Å². The molecule has 1 atom stereocenters. The Labute approximate surface area is 75.9 Å². The summed E-state index contributed by atoms with van der Waals surface area (Å²) in [5.41, 5.74) is 0. The second-order valence-electron chi connectivity index (χ2n) is 0. The molecule has 5 heteroatoms. The first-order valence-corrected chi connectivity index (χ1v) is 0. The van der Waals surface area contributed by atoms with Gasteiger partial charge in [-0.3, -0.25) is 0 Å². The molecule has 0 aliphatic heterocycles. The first-order chi connectivity index (χ1) is 0. The third-order valence-corrected chi connectivity index (χ3v) is 0. The van der Waals surface area contributed by atoms with Crippen molar-refractivity contribution < 1.29 is 34.4 Å². The van der Waals surface area contributed by atoms with Gasteiger partial charge in [0.1, 0.15) is 0 Å². The van der Waals surface area contributed by atoms with Crippen molar-refractivity contribution in [1.29, 1.82) is 0 Å². The summed E-state index contributed by atoms with van der Waals surface area (Å²) >= 11 is 0. The largest absolute Gasteiger partial charge is 0.197 e. The summed E-state index contributed by atoms with van der Waals surface area (Å²) in [5.74, 6) is 0. The third kappa shape index (κ3) is 36.7.